The average molecular weight is 183 g/mol. The van der Waals surface area contributed by atoms with Crippen LogP contribution in [-0.2, 0) is 0 Å². The van der Waals surface area contributed by atoms with Crippen LogP contribution in [0.2, 0.25) is 0 Å². The van der Waals surface area contributed by atoms with Crippen LogP contribution < -0.4 is 0 Å². The molecule has 1 fully saturated rings. The Morgan fingerprint density at radius 2 is 1.85 bits per heavy atom. The maximum absolute atomic E-state index is 2.61. The van der Waals surface area contributed by atoms with E-state index in [0.717, 1.165) is 11.8 Å². The zero-order chi connectivity index (χ0) is 10.1. The Morgan fingerprint density at radius 1 is 1.31 bits per heavy atom. The number of hydrogen-bond acceptors (Lipinski definition) is 1. The molecule has 13 heavy (non-hydrogen) atoms. The number of hydrogen-bond donors (Lipinski definition) is 0. The molecule has 0 radical (unpaired) electrons. The molecular formula is C12H25N. The topological polar surface area (TPSA) is 3.24 Å². The third kappa shape index (κ3) is 4.12. The van der Waals surface area contributed by atoms with Gasteiger partial charge in [0, 0.05) is 13.1 Å². The molecule has 0 aromatic carbocycles. The van der Waals surface area contributed by atoms with Crippen molar-refractivity contribution in [2.75, 3.05) is 19.6 Å². The average Bonchev–Trinajstić information content (AvgIpc) is 2.62. The van der Waals surface area contributed by atoms with E-state index >= 15 is 0 Å². The lowest BCUT2D eigenvalue weighted by atomic mass is 9.96. The van der Waals surface area contributed by atoms with Gasteiger partial charge in [-0.2, -0.15) is 0 Å². The highest BCUT2D eigenvalue weighted by Crippen LogP contribution is 2.38. The van der Waals surface area contributed by atoms with E-state index in [1.165, 1.54) is 26.1 Å². The molecule has 0 aliphatic heterocycles. The summed E-state index contributed by atoms with van der Waals surface area (Å²) in [6.45, 7) is 15.4. The lowest BCUT2D eigenvalue weighted by Crippen LogP contribution is -2.34. The number of rotatable bonds is 4. The van der Waals surface area contributed by atoms with Crippen molar-refractivity contribution >= 4 is 0 Å². The van der Waals surface area contributed by atoms with Gasteiger partial charge in [0.25, 0.3) is 0 Å². The van der Waals surface area contributed by atoms with Crippen LogP contribution in [0.4, 0.5) is 0 Å². The molecule has 1 heteroatoms. The Morgan fingerprint density at radius 3 is 2.15 bits per heavy atom. The second-order valence-electron chi connectivity index (χ2n) is 5.86. The molecule has 1 aliphatic carbocycles. The predicted octanol–water partition coefficient (Wildman–Crippen LogP) is 3.01. The summed E-state index contributed by atoms with van der Waals surface area (Å²) < 4.78 is 0. The van der Waals surface area contributed by atoms with E-state index in [2.05, 4.69) is 39.5 Å². The van der Waals surface area contributed by atoms with Gasteiger partial charge in [-0.05, 0) is 30.2 Å². The second kappa shape index (κ2) is 4.00. The first-order chi connectivity index (χ1) is 5.92. The van der Waals surface area contributed by atoms with Crippen LogP contribution in [-0.4, -0.2) is 24.5 Å². The molecule has 78 valence electrons. The predicted molar refractivity (Wildman–Crippen MR) is 58.8 cm³/mol. The normalized spacial score (nSPS) is 28.2. The first-order valence-electron chi connectivity index (χ1n) is 5.64. The molecule has 1 saturated carbocycles. The smallest absolute Gasteiger partial charge is 0.00300 e. The van der Waals surface area contributed by atoms with Gasteiger partial charge in [-0.15, -0.1) is 0 Å². The highest BCUT2D eigenvalue weighted by Gasteiger charge is 2.34. The zero-order valence-corrected chi connectivity index (χ0v) is 9.93. The summed E-state index contributed by atoms with van der Waals surface area (Å²) in [5.74, 6) is 2.00. The van der Waals surface area contributed by atoms with Gasteiger partial charge >= 0.3 is 0 Å². The monoisotopic (exact) mass is 183 g/mol. The molecule has 0 saturated heterocycles. The quantitative estimate of drug-likeness (QED) is 0.647. The summed E-state index contributed by atoms with van der Waals surface area (Å²) in [5.41, 5.74) is 0.453. The third-order valence-corrected chi connectivity index (χ3v) is 2.91. The van der Waals surface area contributed by atoms with E-state index in [1.807, 2.05) is 0 Å². The van der Waals surface area contributed by atoms with E-state index in [1.54, 1.807) is 0 Å². The molecule has 0 amide bonds. The van der Waals surface area contributed by atoms with Gasteiger partial charge in [0.15, 0.2) is 0 Å². The van der Waals surface area contributed by atoms with E-state index in [-0.39, 0.29) is 0 Å². The van der Waals surface area contributed by atoms with E-state index in [9.17, 15) is 0 Å². The fraction of sp³-hybridized carbons (Fsp3) is 1.00. The molecule has 2 unspecified atom stereocenters. The molecule has 1 aliphatic rings. The maximum Gasteiger partial charge on any atom is 0.00300 e. The van der Waals surface area contributed by atoms with Gasteiger partial charge in [-0.3, -0.25) is 0 Å². The summed E-state index contributed by atoms with van der Waals surface area (Å²) in [7, 11) is 0. The van der Waals surface area contributed by atoms with Gasteiger partial charge in [-0.1, -0.05) is 34.6 Å². The summed E-state index contributed by atoms with van der Waals surface area (Å²) in [5, 5.41) is 0. The van der Waals surface area contributed by atoms with Crippen LogP contribution in [0, 0.1) is 17.3 Å². The van der Waals surface area contributed by atoms with Gasteiger partial charge < -0.3 is 4.90 Å². The molecule has 0 aromatic rings. The largest absolute Gasteiger partial charge is 0.303 e. The minimum absolute atomic E-state index is 0.453. The number of nitrogens with zero attached hydrogens (tertiary/aromatic N) is 1. The minimum Gasteiger partial charge on any atom is -0.303 e. The Labute approximate surface area is 83.5 Å². The molecule has 0 heterocycles. The van der Waals surface area contributed by atoms with Gasteiger partial charge in [0.2, 0.25) is 0 Å². The highest BCUT2D eigenvalue weighted by atomic mass is 15.1. The van der Waals surface area contributed by atoms with Crippen LogP contribution in [0.5, 0.6) is 0 Å². The summed E-state index contributed by atoms with van der Waals surface area (Å²) in [6.07, 6.45) is 1.46. The molecule has 0 aromatic heterocycles. The molecule has 2 atom stereocenters. The Balaban J connectivity index is 2.26. The SMILES string of the molecule is CCN(CC1CC1C)CC(C)(C)C. The Bertz CT molecular complexity index is 157. The third-order valence-electron chi connectivity index (χ3n) is 2.91. The van der Waals surface area contributed by atoms with Crippen LogP contribution in [0.1, 0.15) is 41.0 Å². The van der Waals surface area contributed by atoms with Gasteiger partial charge in [0.1, 0.15) is 0 Å². The minimum atomic E-state index is 0.453. The van der Waals surface area contributed by atoms with Crippen molar-refractivity contribution in [3.63, 3.8) is 0 Å². The molecule has 1 nitrogen and oxygen atoms in total. The van der Waals surface area contributed by atoms with Gasteiger partial charge in [0.05, 0.1) is 0 Å². The molecular weight excluding hydrogens is 158 g/mol. The first-order valence-corrected chi connectivity index (χ1v) is 5.64. The molecule has 0 N–H and O–H groups in total. The summed E-state index contributed by atoms with van der Waals surface area (Å²) >= 11 is 0. The molecule has 1 rings (SSSR count). The summed E-state index contributed by atoms with van der Waals surface area (Å²) in [4.78, 5) is 2.61. The zero-order valence-electron chi connectivity index (χ0n) is 9.93. The maximum atomic E-state index is 2.61. The van der Waals surface area contributed by atoms with Crippen molar-refractivity contribution in [3.8, 4) is 0 Å². The Hall–Kier alpha value is -0.0400. The second-order valence-corrected chi connectivity index (χ2v) is 5.86. The van der Waals surface area contributed by atoms with Crippen molar-refractivity contribution in [2.45, 2.75) is 41.0 Å². The van der Waals surface area contributed by atoms with E-state index in [4.69, 9.17) is 0 Å². The lowest BCUT2D eigenvalue weighted by molar-refractivity contribution is 0.190. The van der Waals surface area contributed by atoms with Crippen LogP contribution >= 0.6 is 0 Å². The van der Waals surface area contributed by atoms with Crippen LogP contribution in [0.15, 0.2) is 0 Å². The van der Waals surface area contributed by atoms with Crippen molar-refractivity contribution in [3.05, 3.63) is 0 Å². The summed E-state index contributed by atoms with van der Waals surface area (Å²) in [6, 6.07) is 0. The van der Waals surface area contributed by atoms with Crippen LogP contribution in [0.3, 0.4) is 0 Å². The van der Waals surface area contributed by atoms with Crippen molar-refractivity contribution in [1.29, 1.82) is 0 Å². The van der Waals surface area contributed by atoms with Crippen molar-refractivity contribution in [1.82, 2.24) is 4.90 Å². The van der Waals surface area contributed by atoms with Crippen molar-refractivity contribution < 1.29 is 0 Å². The highest BCUT2D eigenvalue weighted by molar-refractivity contribution is 4.85. The van der Waals surface area contributed by atoms with Crippen molar-refractivity contribution in [2.24, 2.45) is 17.3 Å². The Kier molecular flexibility index (Phi) is 3.39. The standard InChI is InChI=1S/C12H25N/c1-6-13(9-12(3,4)5)8-11-7-10(11)2/h10-11H,6-9H2,1-5H3. The molecule has 0 spiro atoms. The van der Waals surface area contributed by atoms with Crippen LogP contribution in [0.25, 0.3) is 0 Å². The fourth-order valence-electron chi connectivity index (χ4n) is 1.96. The van der Waals surface area contributed by atoms with E-state index < -0.39 is 0 Å². The molecule has 0 bridgehead atoms. The van der Waals surface area contributed by atoms with Gasteiger partial charge in [-0.25, -0.2) is 0 Å². The first kappa shape index (κ1) is 11.0. The fourth-order valence-corrected chi connectivity index (χ4v) is 1.96. The van der Waals surface area contributed by atoms with E-state index in [0.29, 0.717) is 5.41 Å². The lowest BCUT2D eigenvalue weighted by Gasteiger charge is -2.29.